The van der Waals surface area contributed by atoms with Gasteiger partial charge in [-0.15, -0.1) is 0 Å². The Bertz CT molecular complexity index is 839. The number of likely N-dealkylation sites (tertiary alicyclic amines) is 1. The van der Waals surface area contributed by atoms with Crippen LogP contribution in [0.15, 0.2) is 30.7 Å². The van der Waals surface area contributed by atoms with E-state index in [2.05, 4.69) is 16.8 Å². The molecule has 1 saturated heterocycles. The summed E-state index contributed by atoms with van der Waals surface area (Å²) in [5, 5.41) is 1.12. The number of hydrogen-bond donors (Lipinski definition) is 0. The monoisotopic (exact) mass is 422 g/mol. The largest absolute Gasteiger partial charge is 0.416 e. The number of imidazole rings is 1. The Balaban J connectivity index is 1.47. The summed E-state index contributed by atoms with van der Waals surface area (Å²) < 4.78 is 7.25. The maximum atomic E-state index is 12.9. The average molecular weight is 423 g/mol. The van der Waals surface area contributed by atoms with E-state index in [9.17, 15) is 4.79 Å². The Morgan fingerprint density at radius 2 is 1.93 bits per heavy atom. The lowest BCUT2D eigenvalue weighted by molar-refractivity contribution is 0.141. The fourth-order valence-corrected chi connectivity index (χ4v) is 4.81. The van der Waals surface area contributed by atoms with Crippen molar-refractivity contribution < 1.29 is 9.53 Å². The number of fused-ring (bicyclic) bond motifs is 1. The van der Waals surface area contributed by atoms with E-state index in [1.165, 1.54) is 0 Å². The highest BCUT2D eigenvalue weighted by atomic mass is 35.5. The van der Waals surface area contributed by atoms with Crippen LogP contribution in [-0.4, -0.2) is 51.6 Å². The van der Waals surface area contributed by atoms with Crippen LogP contribution in [0, 0.1) is 17.8 Å². The van der Waals surface area contributed by atoms with E-state index in [4.69, 9.17) is 27.9 Å². The van der Waals surface area contributed by atoms with Gasteiger partial charge in [-0.3, -0.25) is 0 Å². The number of halogens is 2. The molecule has 1 aromatic carbocycles. The Kier molecular flexibility index (Phi) is 5.54. The molecule has 4 rings (SSSR count). The van der Waals surface area contributed by atoms with Crippen molar-refractivity contribution in [1.29, 1.82) is 0 Å². The maximum absolute atomic E-state index is 12.9. The van der Waals surface area contributed by atoms with Crippen molar-refractivity contribution in [3.63, 3.8) is 0 Å². The van der Waals surface area contributed by atoms with Crippen molar-refractivity contribution in [3.05, 3.63) is 46.3 Å². The number of aryl methyl sites for hydroxylation is 1. The van der Waals surface area contributed by atoms with E-state index in [1.54, 1.807) is 28.1 Å². The first-order valence-electron chi connectivity index (χ1n) is 9.55. The van der Waals surface area contributed by atoms with Gasteiger partial charge in [0.1, 0.15) is 0 Å². The molecule has 150 valence electrons. The lowest BCUT2D eigenvalue weighted by Gasteiger charge is -2.24. The van der Waals surface area contributed by atoms with Crippen LogP contribution in [0.5, 0.6) is 5.88 Å². The lowest BCUT2D eigenvalue weighted by Crippen LogP contribution is -2.36. The van der Waals surface area contributed by atoms with Gasteiger partial charge >= 0.3 is 6.09 Å². The third-order valence-corrected chi connectivity index (χ3v) is 6.19. The molecule has 1 aliphatic carbocycles. The number of piperidine rings is 1. The van der Waals surface area contributed by atoms with E-state index in [1.807, 2.05) is 19.2 Å². The maximum Gasteiger partial charge on any atom is 0.416 e. The second kappa shape index (κ2) is 7.93. The van der Waals surface area contributed by atoms with Crippen molar-refractivity contribution in [2.75, 3.05) is 26.2 Å². The average Bonchev–Trinajstić information content (AvgIpc) is 2.98. The van der Waals surface area contributed by atoms with Crippen LogP contribution in [0.25, 0.3) is 0 Å². The number of carbonyl (C=O) groups is 1. The minimum Gasteiger partial charge on any atom is -0.389 e. The SMILES string of the molecule is CCN1CC2C(C1)C2CN(Cc1cc(Cl)cc(Cl)c1)C(=O)Oc1cn(C)cn1. The first-order valence-corrected chi connectivity index (χ1v) is 10.3. The molecule has 2 atom stereocenters. The molecule has 0 radical (unpaired) electrons. The predicted molar refractivity (Wildman–Crippen MR) is 109 cm³/mol. The second-order valence-electron chi connectivity index (χ2n) is 7.75. The number of aromatic nitrogens is 2. The fraction of sp³-hybridized carbons (Fsp3) is 0.500. The third-order valence-electron chi connectivity index (χ3n) is 5.75. The van der Waals surface area contributed by atoms with E-state index < -0.39 is 6.09 Å². The van der Waals surface area contributed by atoms with Gasteiger partial charge in [-0.05, 0) is 48.1 Å². The normalized spacial score (nSPS) is 23.5. The zero-order valence-corrected chi connectivity index (χ0v) is 17.5. The number of carbonyl (C=O) groups excluding carboxylic acids is 1. The molecule has 2 heterocycles. The van der Waals surface area contributed by atoms with Crippen molar-refractivity contribution in [2.45, 2.75) is 13.5 Å². The molecule has 2 aliphatic rings. The Hall–Kier alpha value is -1.76. The van der Waals surface area contributed by atoms with Crippen molar-refractivity contribution >= 4 is 29.3 Å². The summed E-state index contributed by atoms with van der Waals surface area (Å²) in [6.45, 7) is 6.60. The molecule has 1 saturated carbocycles. The summed E-state index contributed by atoms with van der Waals surface area (Å²) in [5.74, 6) is 2.17. The number of ether oxygens (including phenoxy) is 1. The highest BCUT2D eigenvalue weighted by molar-refractivity contribution is 6.34. The van der Waals surface area contributed by atoms with Gasteiger partial charge in [0.25, 0.3) is 0 Å². The van der Waals surface area contributed by atoms with Crippen molar-refractivity contribution in [1.82, 2.24) is 19.4 Å². The Labute approximate surface area is 175 Å². The van der Waals surface area contributed by atoms with Gasteiger partial charge in [-0.25, -0.2) is 9.78 Å². The first kappa shape index (κ1) is 19.6. The zero-order valence-electron chi connectivity index (χ0n) is 16.0. The highest BCUT2D eigenvalue weighted by Crippen LogP contribution is 2.52. The fourth-order valence-electron chi connectivity index (χ4n) is 4.24. The van der Waals surface area contributed by atoms with Crippen LogP contribution in [0.3, 0.4) is 0 Å². The Morgan fingerprint density at radius 3 is 2.50 bits per heavy atom. The van der Waals surface area contributed by atoms with Crippen LogP contribution in [0.4, 0.5) is 4.79 Å². The minimum atomic E-state index is -0.396. The smallest absolute Gasteiger partial charge is 0.389 e. The van der Waals surface area contributed by atoms with E-state index in [0.29, 0.717) is 46.8 Å². The van der Waals surface area contributed by atoms with Crippen LogP contribution in [0.2, 0.25) is 10.0 Å². The van der Waals surface area contributed by atoms with Gasteiger partial charge in [0.05, 0.1) is 12.5 Å². The van der Waals surface area contributed by atoms with Gasteiger partial charge in [0.2, 0.25) is 5.88 Å². The summed E-state index contributed by atoms with van der Waals surface area (Å²) in [6.07, 6.45) is 2.89. The standard InChI is InChI=1S/C20H24Cl2N4O2/c1-3-25-8-16-17(9-25)18(16)10-26(7-13-4-14(21)6-15(22)5-13)20(27)28-19-11-24(2)12-23-19/h4-6,11-12,16-18H,3,7-10H2,1-2H3. The van der Waals surface area contributed by atoms with Gasteiger partial charge in [0, 0.05) is 43.3 Å². The third kappa shape index (κ3) is 4.29. The summed E-state index contributed by atoms with van der Waals surface area (Å²) in [7, 11) is 1.83. The van der Waals surface area contributed by atoms with E-state index in [-0.39, 0.29) is 0 Å². The summed E-state index contributed by atoms with van der Waals surface area (Å²) in [4.78, 5) is 21.2. The molecular weight excluding hydrogens is 399 g/mol. The zero-order chi connectivity index (χ0) is 19.8. The minimum absolute atomic E-state index is 0.301. The molecule has 0 N–H and O–H groups in total. The molecule has 0 spiro atoms. The topological polar surface area (TPSA) is 50.6 Å². The van der Waals surface area contributed by atoms with E-state index >= 15 is 0 Å². The molecule has 2 fully saturated rings. The van der Waals surface area contributed by atoms with Crippen LogP contribution < -0.4 is 4.74 Å². The first-order chi connectivity index (χ1) is 13.4. The molecule has 6 nitrogen and oxygen atoms in total. The van der Waals surface area contributed by atoms with Crippen LogP contribution in [-0.2, 0) is 13.6 Å². The van der Waals surface area contributed by atoms with Gasteiger partial charge in [-0.1, -0.05) is 30.1 Å². The number of rotatable bonds is 6. The van der Waals surface area contributed by atoms with Crippen LogP contribution >= 0.6 is 23.2 Å². The molecule has 1 aromatic heterocycles. The quantitative estimate of drug-likeness (QED) is 0.707. The van der Waals surface area contributed by atoms with Gasteiger partial charge < -0.3 is 19.1 Å². The molecule has 8 heteroatoms. The molecule has 28 heavy (non-hydrogen) atoms. The molecule has 1 aliphatic heterocycles. The van der Waals surface area contributed by atoms with Crippen LogP contribution in [0.1, 0.15) is 12.5 Å². The molecule has 0 bridgehead atoms. The molecule has 2 aromatic rings. The lowest BCUT2D eigenvalue weighted by atomic mass is 10.2. The summed E-state index contributed by atoms with van der Waals surface area (Å²) >= 11 is 12.3. The highest BCUT2D eigenvalue weighted by Gasteiger charge is 2.55. The number of amides is 1. The number of benzene rings is 1. The molecular formula is C20H24Cl2N4O2. The summed E-state index contributed by atoms with van der Waals surface area (Å²) in [6, 6.07) is 5.36. The van der Waals surface area contributed by atoms with Gasteiger partial charge in [-0.2, -0.15) is 0 Å². The van der Waals surface area contributed by atoms with E-state index in [0.717, 1.165) is 25.2 Å². The van der Waals surface area contributed by atoms with Crippen molar-refractivity contribution in [2.24, 2.45) is 24.8 Å². The van der Waals surface area contributed by atoms with Crippen molar-refractivity contribution in [3.8, 4) is 5.88 Å². The molecule has 2 unspecified atom stereocenters. The predicted octanol–water partition coefficient (Wildman–Crippen LogP) is 3.93. The van der Waals surface area contributed by atoms with Gasteiger partial charge in [0.15, 0.2) is 0 Å². The molecule has 1 amide bonds. The second-order valence-corrected chi connectivity index (χ2v) is 8.62. The number of nitrogens with zero attached hydrogens (tertiary/aromatic N) is 4. The Morgan fingerprint density at radius 1 is 1.25 bits per heavy atom. The number of hydrogen-bond acceptors (Lipinski definition) is 4. The summed E-state index contributed by atoms with van der Waals surface area (Å²) in [5.41, 5.74) is 0.886.